The van der Waals surface area contributed by atoms with E-state index in [-0.39, 0.29) is 131 Å². The molecule has 12 heteroatoms. The van der Waals surface area contributed by atoms with Gasteiger partial charge in [-0.3, -0.25) is 4.98 Å². The van der Waals surface area contributed by atoms with Gasteiger partial charge in [-0.15, -0.1) is 55.2 Å². The summed E-state index contributed by atoms with van der Waals surface area (Å²) in [6.45, 7) is 62.5. The van der Waals surface area contributed by atoms with Crippen LogP contribution in [0.2, 0.25) is 0 Å². The Morgan fingerprint density at radius 1 is 0.436 bits per heavy atom. The number of rotatable bonds is 12. The van der Waals surface area contributed by atoms with Crippen LogP contribution in [-0.2, 0) is 105 Å². The number of hydrogen-bond acceptors (Lipinski definition) is 2. The fourth-order valence-electron chi connectivity index (χ4n) is 11.6. The summed E-state index contributed by atoms with van der Waals surface area (Å²) in [5.41, 5.74) is 5.40. The van der Waals surface area contributed by atoms with Crippen LogP contribution >= 0.6 is 31.7 Å². The van der Waals surface area contributed by atoms with E-state index in [1.807, 2.05) is 60.7 Å². The van der Waals surface area contributed by atoms with Gasteiger partial charge >= 0.3 is 0 Å². The topological polar surface area (TPSA) is 25.8 Å². The summed E-state index contributed by atoms with van der Waals surface area (Å²) < 4.78 is 0. The van der Waals surface area contributed by atoms with Crippen molar-refractivity contribution in [2.45, 2.75) is 263 Å². The summed E-state index contributed by atoms with van der Waals surface area (Å²) in [4.78, 5) is 8.25. The second kappa shape index (κ2) is 49.2. The molecular weight excluding hydrogens is 1300 g/mol. The van der Waals surface area contributed by atoms with Crippen molar-refractivity contribution in [3.8, 4) is 11.3 Å². The molecule has 0 amide bonds. The van der Waals surface area contributed by atoms with Crippen molar-refractivity contribution in [1.82, 2.24) is 9.97 Å². The molecule has 5 rings (SSSR count). The van der Waals surface area contributed by atoms with Crippen LogP contribution in [0.4, 0.5) is 0 Å². The standard InChI is InChI=1S/C15H28P.C12H26P.C11H8N.C11H24P.C10H22P.C7H8N.6Ni/c1-2-13-16(14-9-5-3-6-10-14)15-11-7-4-8-12-15;1-8-9-10-13(11(2,3)4)12(5,6)7;1-2-6-10(7-3-1)11-8-4-5-9-12-11;1-8-9-12(10(2,3)4)11(5,6)7;1-8-11(9(2,3)4)10(5,6)7;1-2-7-5-3-4-6-8-7;;;;;;/h14-15H,1-13H2;1,8-10H2,2-7H3;1-6,8-9H;1,8-9H2,2-7H3;1,8H2,2-7H3;3-6H,1-2H2;;;;;;/q6*-1;;;;;;/p+4. The summed E-state index contributed by atoms with van der Waals surface area (Å²) in [5.74, 6) is 0. The van der Waals surface area contributed by atoms with Crippen molar-refractivity contribution in [1.29, 1.82) is 0 Å². The largest absolute Gasteiger partial charge is 0.343 e. The van der Waals surface area contributed by atoms with Gasteiger partial charge in [-0.25, -0.2) is 0 Å². The maximum atomic E-state index is 4.22. The number of aromatic nitrogens is 2. The van der Waals surface area contributed by atoms with E-state index in [1.54, 1.807) is 38.1 Å². The maximum absolute atomic E-state index is 4.22. The van der Waals surface area contributed by atoms with Crippen LogP contribution in [0.3, 0.4) is 0 Å². The molecule has 2 aliphatic carbocycles. The molecule has 0 saturated heterocycles. The molecule has 476 valence electrons. The summed E-state index contributed by atoms with van der Waals surface area (Å²) in [7, 11) is -0.953. The molecule has 2 aromatic heterocycles. The van der Waals surface area contributed by atoms with Gasteiger partial charge in [0, 0.05) is 153 Å². The minimum Gasteiger partial charge on any atom is -0.343 e. The Hall–Kier alpha value is 2.20. The smallest absolute Gasteiger partial charge is 0.0698 e. The molecule has 0 bridgehead atoms. The quantitative estimate of drug-likeness (QED) is 0.103. The Balaban J connectivity index is -0.000000154. The Morgan fingerprint density at radius 3 is 1.08 bits per heavy atom. The van der Waals surface area contributed by atoms with Crippen LogP contribution in [-0.4, -0.2) is 76.9 Å². The molecule has 3 aromatic rings. The summed E-state index contributed by atoms with van der Waals surface area (Å²) in [6.07, 6.45) is 29.9. The van der Waals surface area contributed by atoms with Gasteiger partial charge in [0.1, 0.15) is 0 Å². The molecule has 0 aliphatic heterocycles. The molecule has 2 aliphatic rings. The second-order valence-corrected chi connectivity index (χ2v) is 43.3. The van der Waals surface area contributed by atoms with Gasteiger partial charge in [0.15, 0.2) is 0 Å². The van der Waals surface area contributed by atoms with Gasteiger partial charge in [0.2, 0.25) is 0 Å². The maximum Gasteiger partial charge on any atom is 0.0698 e. The normalized spacial score (nSPS) is 14.0. The number of nitrogens with zero attached hydrogens (tertiary/aromatic N) is 2. The Bertz CT molecular complexity index is 1630. The monoisotopic (exact) mass is 1410 g/mol. The van der Waals surface area contributed by atoms with Gasteiger partial charge in [-0.1, -0.05) is 37.2 Å². The Kier molecular flexibility index (Phi) is 59.2. The van der Waals surface area contributed by atoms with Crippen molar-refractivity contribution in [2.75, 3.05) is 24.6 Å². The molecule has 0 spiro atoms. The number of pyridine rings is 2. The fraction of sp³-hybridized carbons (Fsp3) is 0.682. The van der Waals surface area contributed by atoms with Crippen molar-refractivity contribution >= 4 is 31.7 Å². The van der Waals surface area contributed by atoms with Crippen molar-refractivity contribution < 1.29 is 98.9 Å². The van der Waals surface area contributed by atoms with Gasteiger partial charge in [0.25, 0.3) is 0 Å². The van der Waals surface area contributed by atoms with E-state index in [1.165, 1.54) is 81.2 Å². The third kappa shape index (κ3) is 42.9. The third-order valence-electron chi connectivity index (χ3n) is 14.1. The predicted molar refractivity (Wildman–Crippen MR) is 347 cm³/mol. The first-order chi connectivity index (χ1) is 33.4. The molecule has 0 unspecified atom stereocenters. The zero-order chi connectivity index (χ0) is 55.2. The molecule has 2 saturated carbocycles. The van der Waals surface area contributed by atoms with E-state index in [0.717, 1.165) is 42.4 Å². The van der Waals surface area contributed by atoms with Gasteiger partial charge in [0.05, 0.1) is 48.4 Å². The average molecular weight is 1420 g/mol. The zero-order valence-corrected chi connectivity index (χ0v) is 62.8. The van der Waals surface area contributed by atoms with Gasteiger partial charge < -0.3 is 39.6 Å². The van der Waals surface area contributed by atoms with Crippen LogP contribution in [0.25, 0.3) is 11.3 Å². The van der Waals surface area contributed by atoms with E-state index in [0.29, 0.717) is 30.9 Å². The summed E-state index contributed by atoms with van der Waals surface area (Å²) in [6, 6.07) is 22.7. The van der Waals surface area contributed by atoms with Crippen LogP contribution in [0.1, 0.15) is 220 Å². The summed E-state index contributed by atoms with van der Waals surface area (Å²) >= 11 is 0. The minimum absolute atomic E-state index is 0. The van der Waals surface area contributed by atoms with E-state index in [4.69, 9.17) is 0 Å². The molecule has 2 nitrogen and oxygen atoms in total. The molecule has 0 radical (unpaired) electrons. The van der Waals surface area contributed by atoms with Crippen LogP contribution in [0, 0.1) is 40.7 Å². The molecule has 0 atom stereocenters. The average Bonchev–Trinajstić information content (AvgIpc) is 3.30. The Morgan fingerprint density at radius 2 is 0.821 bits per heavy atom. The number of hydrogen-bond donors (Lipinski definition) is 0. The molecule has 2 heterocycles. The first-order valence-corrected chi connectivity index (χ1v) is 35.6. The summed E-state index contributed by atoms with van der Waals surface area (Å²) in [5, 5.41) is 3.06. The predicted octanol–water partition coefficient (Wildman–Crippen LogP) is 21.1. The Labute approximate surface area is 554 Å². The first-order valence-electron chi connectivity index (χ1n) is 28.6. The van der Waals surface area contributed by atoms with Crippen LogP contribution < -0.4 is 0 Å². The van der Waals surface area contributed by atoms with Crippen molar-refractivity contribution in [3.63, 3.8) is 0 Å². The van der Waals surface area contributed by atoms with Crippen molar-refractivity contribution in [2.24, 2.45) is 0 Å². The van der Waals surface area contributed by atoms with Crippen LogP contribution in [0.15, 0.2) is 73.1 Å². The van der Waals surface area contributed by atoms with E-state index >= 15 is 0 Å². The van der Waals surface area contributed by atoms with E-state index in [9.17, 15) is 0 Å². The first kappa shape index (κ1) is 93.9. The SMILES string of the molecule is [CH2-]CCC[PH+](C(C)(C)C)C(C)(C)C.[CH2-]CC[PH+](C(C)(C)C)C(C)(C)C.[CH2-]CC[PH+](C1CCCCC1)C1CCCCC1.[CH2-]C[PH+](C(C)(C)C)C(C)(C)C.[CH2-]Cc1ccccn1.[Ni].[Ni].[Ni].[Ni].[Ni].[Ni].[c-]1ccccc1-c1ccccn1. The molecule has 2 fully saturated rings. The molecule has 1 aromatic carbocycles. The van der Waals surface area contributed by atoms with Gasteiger partial charge in [-0.2, -0.15) is 6.42 Å². The third-order valence-corrected chi connectivity index (χ3v) is 31.4. The van der Waals surface area contributed by atoms with Crippen LogP contribution in [0.5, 0.6) is 0 Å². The minimum atomic E-state index is -0.326. The van der Waals surface area contributed by atoms with E-state index in [2.05, 4.69) is 175 Å². The number of benzene rings is 1. The molecule has 0 N–H and O–H groups in total. The van der Waals surface area contributed by atoms with Crippen molar-refractivity contribution in [3.05, 3.63) is 119 Å². The fourth-order valence-corrected chi connectivity index (χ4v) is 28.0. The van der Waals surface area contributed by atoms with Gasteiger partial charge in [-0.05, 0) is 214 Å². The molecular formula is C66H120N2Ni6P4-2. The second-order valence-electron chi connectivity index (χ2n) is 26.7. The number of unbranched alkanes of at least 4 members (excludes halogenated alkanes) is 1. The molecule has 78 heavy (non-hydrogen) atoms. The van der Waals surface area contributed by atoms with E-state index < -0.39 is 0 Å². The zero-order valence-electron chi connectivity index (χ0n) is 52.8.